The second-order valence-electron chi connectivity index (χ2n) is 7.43. The molecule has 1 aromatic heterocycles. The highest BCUT2D eigenvalue weighted by atomic mass is 79.9. The van der Waals surface area contributed by atoms with Crippen molar-refractivity contribution in [3.8, 4) is 5.75 Å². The molecule has 9 heteroatoms. The van der Waals surface area contributed by atoms with Crippen molar-refractivity contribution in [3.63, 3.8) is 0 Å². The first-order chi connectivity index (χ1) is 15.8. The van der Waals surface area contributed by atoms with Crippen LogP contribution in [0.1, 0.15) is 11.1 Å². The number of nitrogens with one attached hydrogen (secondary N) is 1. The monoisotopic (exact) mass is 530 g/mol. The van der Waals surface area contributed by atoms with Gasteiger partial charge in [0.25, 0.3) is 5.56 Å². The molecule has 4 aromatic rings. The molecule has 170 valence electrons. The average Bonchev–Trinajstić information content (AvgIpc) is 2.80. The molecule has 1 N–H and O–H groups in total. The van der Waals surface area contributed by atoms with E-state index in [1.165, 1.54) is 40.7 Å². The molecule has 0 aliphatic carbocycles. The summed E-state index contributed by atoms with van der Waals surface area (Å²) in [5.41, 5.74) is 1.10. The second-order valence-corrected chi connectivity index (χ2v) is 10.3. The predicted molar refractivity (Wildman–Crippen MR) is 128 cm³/mol. The molecule has 33 heavy (non-hydrogen) atoms. The summed E-state index contributed by atoms with van der Waals surface area (Å²) < 4.78 is 47.6. The largest absolute Gasteiger partial charge is 0.497 e. The number of pyridine rings is 1. The Bertz CT molecular complexity index is 1450. The van der Waals surface area contributed by atoms with Crippen LogP contribution in [-0.2, 0) is 23.1 Å². The van der Waals surface area contributed by atoms with Crippen molar-refractivity contribution in [3.05, 3.63) is 105 Å². The topological polar surface area (TPSA) is 79.5 Å². The van der Waals surface area contributed by atoms with Gasteiger partial charge in [0, 0.05) is 34.0 Å². The van der Waals surface area contributed by atoms with Crippen molar-refractivity contribution in [2.24, 2.45) is 0 Å². The van der Waals surface area contributed by atoms with E-state index in [2.05, 4.69) is 20.9 Å². The van der Waals surface area contributed by atoms with Gasteiger partial charge < -0.3 is 9.72 Å². The number of rotatable bonds is 7. The van der Waals surface area contributed by atoms with Crippen LogP contribution in [0, 0.1) is 5.82 Å². The number of fused-ring (bicyclic) bond motifs is 1. The maximum absolute atomic E-state index is 13.5. The molecule has 0 radical (unpaired) electrons. The fourth-order valence-electron chi connectivity index (χ4n) is 3.44. The van der Waals surface area contributed by atoms with Crippen molar-refractivity contribution in [2.45, 2.75) is 18.0 Å². The third-order valence-electron chi connectivity index (χ3n) is 5.20. The third-order valence-corrected chi connectivity index (χ3v) is 7.53. The van der Waals surface area contributed by atoms with Gasteiger partial charge in [-0.1, -0.05) is 28.1 Å². The minimum atomic E-state index is -3.97. The number of methoxy groups -OCH3 is 1. The molecule has 0 saturated carbocycles. The number of benzene rings is 3. The Labute approximate surface area is 198 Å². The maximum atomic E-state index is 13.5. The Morgan fingerprint density at radius 2 is 1.67 bits per heavy atom. The van der Waals surface area contributed by atoms with Crippen LogP contribution in [0.4, 0.5) is 4.39 Å². The highest BCUT2D eigenvalue weighted by molar-refractivity contribution is 9.10. The minimum Gasteiger partial charge on any atom is -0.497 e. The zero-order valence-corrected chi connectivity index (χ0v) is 20.0. The van der Waals surface area contributed by atoms with E-state index in [9.17, 15) is 17.6 Å². The number of H-pyrrole nitrogens is 1. The van der Waals surface area contributed by atoms with Crippen LogP contribution >= 0.6 is 15.9 Å². The predicted octanol–water partition coefficient (Wildman–Crippen LogP) is 4.83. The van der Waals surface area contributed by atoms with Gasteiger partial charge in [0.15, 0.2) is 0 Å². The summed E-state index contributed by atoms with van der Waals surface area (Å²) in [5.74, 6) is 0.201. The first-order valence-corrected chi connectivity index (χ1v) is 12.2. The Kier molecular flexibility index (Phi) is 6.64. The molecule has 3 aromatic carbocycles. The van der Waals surface area contributed by atoms with Gasteiger partial charge in [0.1, 0.15) is 11.6 Å². The molecule has 0 spiro atoms. The Morgan fingerprint density at radius 3 is 2.33 bits per heavy atom. The highest BCUT2D eigenvalue weighted by Crippen LogP contribution is 2.24. The molecule has 6 nitrogen and oxygen atoms in total. The zero-order chi connectivity index (χ0) is 23.6. The number of sulfonamides is 1. The van der Waals surface area contributed by atoms with E-state index in [1.54, 1.807) is 43.5 Å². The van der Waals surface area contributed by atoms with Gasteiger partial charge >= 0.3 is 0 Å². The van der Waals surface area contributed by atoms with E-state index >= 15 is 0 Å². The molecule has 0 aliphatic heterocycles. The molecular weight excluding hydrogens is 511 g/mol. The second kappa shape index (κ2) is 9.46. The lowest BCUT2D eigenvalue weighted by atomic mass is 10.1. The molecule has 0 saturated heterocycles. The van der Waals surface area contributed by atoms with E-state index in [1.807, 2.05) is 0 Å². The molecule has 0 fully saturated rings. The Balaban J connectivity index is 1.77. The van der Waals surface area contributed by atoms with Crippen LogP contribution in [0.2, 0.25) is 0 Å². The minimum absolute atomic E-state index is 0.0335. The summed E-state index contributed by atoms with van der Waals surface area (Å²) in [4.78, 5) is 15.7. The van der Waals surface area contributed by atoms with Crippen LogP contribution < -0.4 is 10.3 Å². The number of aromatic amines is 1. The molecule has 0 amide bonds. The average molecular weight is 531 g/mol. The number of ether oxygens (including phenoxy) is 1. The van der Waals surface area contributed by atoms with Crippen LogP contribution in [0.15, 0.2) is 87.0 Å². The van der Waals surface area contributed by atoms with Gasteiger partial charge in [-0.2, -0.15) is 4.31 Å². The first kappa shape index (κ1) is 23.2. The smallest absolute Gasteiger partial charge is 0.252 e. The van der Waals surface area contributed by atoms with Crippen molar-refractivity contribution < 1.29 is 17.5 Å². The van der Waals surface area contributed by atoms with Crippen LogP contribution in [0.3, 0.4) is 0 Å². The molecule has 1 heterocycles. The van der Waals surface area contributed by atoms with Gasteiger partial charge in [-0.25, -0.2) is 12.8 Å². The number of hydrogen-bond donors (Lipinski definition) is 1. The summed E-state index contributed by atoms with van der Waals surface area (Å²) in [6.07, 6.45) is 0. The van der Waals surface area contributed by atoms with E-state index in [0.717, 1.165) is 4.47 Å². The van der Waals surface area contributed by atoms with Crippen molar-refractivity contribution >= 4 is 36.9 Å². The van der Waals surface area contributed by atoms with Crippen LogP contribution in [0.5, 0.6) is 5.75 Å². The first-order valence-electron chi connectivity index (χ1n) is 9.96. The summed E-state index contributed by atoms with van der Waals surface area (Å²) in [7, 11) is -2.42. The van der Waals surface area contributed by atoms with Crippen molar-refractivity contribution in [1.82, 2.24) is 9.29 Å². The quantitative estimate of drug-likeness (QED) is 0.371. The number of aromatic nitrogens is 1. The summed E-state index contributed by atoms with van der Waals surface area (Å²) in [5, 5.41) is 0.715. The molecule has 0 bridgehead atoms. The lowest BCUT2D eigenvalue weighted by molar-refractivity contribution is 0.399. The number of halogens is 2. The summed E-state index contributed by atoms with van der Waals surface area (Å²) >= 11 is 3.31. The van der Waals surface area contributed by atoms with Gasteiger partial charge in [0.05, 0.1) is 12.0 Å². The molecule has 0 aliphatic rings. The van der Waals surface area contributed by atoms with E-state index in [4.69, 9.17) is 4.74 Å². The zero-order valence-electron chi connectivity index (χ0n) is 17.6. The molecule has 0 atom stereocenters. The van der Waals surface area contributed by atoms with Gasteiger partial charge in [-0.05, 0) is 66.2 Å². The van der Waals surface area contributed by atoms with Crippen LogP contribution in [0.25, 0.3) is 10.9 Å². The van der Waals surface area contributed by atoms with Gasteiger partial charge in [-0.15, -0.1) is 0 Å². The maximum Gasteiger partial charge on any atom is 0.252 e. The van der Waals surface area contributed by atoms with Crippen molar-refractivity contribution in [2.75, 3.05) is 7.11 Å². The number of hydrogen-bond acceptors (Lipinski definition) is 4. The van der Waals surface area contributed by atoms with Gasteiger partial charge in [-0.3, -0.25) is 4.79 Å². The molecule has 4 rings (SSSR count). The van der Waals surface area contributed by atoms with E-state index in [0.29, 0.717) is 22.2 Å². The fraction of sp³-hybridized carbons (Fsp3) is 0.125. The molecular formula is C24H20BrFN2O4S. The van der Waals surface area contributed by atoms with E-state index in [-0.39, 0.29) is 29.1 Å². The SMILES string of the molecule is COc1ccc2[nH]c(=O)c(CN(Cc3ccc(F)cc3)S(=O)(=O)c3ccc(Br)cc3)cc2c1. The number of nitrogens with zero attached hydrogens (tertiary/aromatic N) is 1. The fourth-order valence-corrected chi connectivity index (χ4v) is 5.11. The Morgan fingerprint density at radius 1 is 0.970 bits per heavy atom. The summed E-state index contributed by atoms with van der Waals surface area (Å²) in [6, 6.07) is 18.7. The lowest BCUT2D eigenvalue weighted by Gasteiger charge is -2.22. The summed E-state index contributed by atoms with van der Waals surface area (Å²) in [6.45, 7) is -0.202. The lowest BCUT2D eigenvalue weighted by Crippen LogP contribution is -2.32. The standard InChI is InChI=1S/C24H20BrFN2O4S/c1-32-21-8-11-23-17(13-21)12-18(24(29)27-23)15-28(14-16-2-6-20(26)7-3-16)33(30,31)22-9-4-19(25)5-10-22/h2-13H,14-15H2,1H3,(H,27,29). The normalized spacial score (nSPS) is 11.8. The van der Waals surface area contributed by atoms with E-state index < -0.39 is 15.8 Å². The van der Waals surface area contributed by atoms with Crippen LogP contribution in [-0.4, -0.2) is 24.8 Å². The van der Waals surface area contributed by atoms with Crippen molar-refractivity contribution in [1.29, 1.82) is 0 Å². The van der Waals surface area contributed by atoms with Gasteiger partial charge in [0.2, 0.25) is 10.0 Å². The third kappa shape index (κ3) is 5.16. The Hall–Kier alpha value is -3.01. The highest BCUT2D eigenvalue weighted by Gasteiger charge is 2.26. The molecule has 0 unspecified atom stereocenters.